The molecule has 0 N–H and O–H groups in total. The lowest BCUT2D eigenvalue weighted by molar-refractivity contribution is 0.415. The van der Waals surface area contributed by atoms with Crippen molar-refractivity contribution < 1.29 is 4.74 Å². The van der Waals surface area contributed by atoms with Gasteiger partial charge in [-0.25, -0.2) is 4.98 Å². The molecule has 0 saturated carbocycles. The fourth-order valence-corrected chi connectivity index (χ4v) is 2.62. The first-order chi connectivity index (χ1) is 10.1. The second kappa shape index (κ2) is 5.21. The first-order valence-electron chi connectivity index (χ1n) is 7.11. The third-order valence-corrected chi connectivity index (χ3v) is 4.01. The van der Waals surface area contributed by atoms with Gasteiger partial charge in [0.2, 0.25) is 0 Å². The van der Waals surface area contributed by atoms with E-state index in [4.69, 9.17) is 9.72 Å². The molecule has 106 valence electrons. The zero-order chi connectivity index (χ0) is 15.0. The molecule has 0 saturated heterocycles. The molecule has 0 atom stereocenters. The van der Waals surface area contributed by atoms with Gasteiger partial charge in [0.15, 0.2) is 0 Å². The number of ether oxygens (including phenoxy) is 1. The number of fused-ring (bicyclic) bond motifs is 1. The highest BCUT2D eigenvalue weighted by molar-refractivity contribution is 5.83. The molecular formula is C19H19NO. The van der Waals surface area contributed by atoms with Crippen LogP contribution in [-0.4, -0.2) is 12.1 Å². The molecule has 3 aromatic rings. The lowest BCUT2D eigenvalue weighted by Gasteiger charge is -2.10. The summed E-state index contributed by atoms with van der Waals surface area (Å²) >= 11 is 0. The molecule has 21 heavy (non-hydrogen) atoms. The number of hydrogen-bond donors (Lipinski definition) is 0. The van der Waals surface area contributed by atoms with Gasteiger partial charge in [-0.2, -0.15) is 0 Å². The van der Waals surface area contributed by atoms with Crippen molar-refractivity contribution in [3.05, 3.63) is 59.2 Å². The minimum atomic E-state index is 0.861. The number of pyridine rings is 1. The summed E-state index contributed by atoms with van der Waals surface area (Å²) in [6.45, 7) is 6.43. The van der Waals surface area contributed by atoms with Gasteiger partial charge in [0, 0.05) is 10.9 Å². The Labute approximate surface area is 125 Å². The molecule has 0 aliphatic heterocycles. The molecular weight excluding hydrogens is 258 g/mol. The second-order valence-electron chi connectivity index (χ2n) is 5.51. The molecule has 1 heterocycles. The number of hydrogen-bond acceptors (Lipinski definition) is 2. The Morgan fingerprint density at radius 3 is 2.33 bits per heavy atom. The highest BCUT2D eigenvalue weighted by Crippen LogP contribution is 2.28. The molecule has 0 amide bonds. The van der Waals surface area contributed by atoms with E-state index in [0.29, 0.717) is 0 Å². The van der Waals surface area contributed by atoms with Crippen LogP contribution in [0.3, 0.4) is 0 Å². The van der Waals surface area contributed by atoms with Crippen LogP contribution >= 0.6 is 0 Å². The summed E-state index contributed by atoms with van der Waals surface area (Å²) in [5.74, 6) is 0.861. The summed E-state index contributed by atoms with van der Waals surface area (Å²) in [4.78, 5) is 4.80. The van der Waals surface area contributed by atoms with Crippen LogP contribution in [0.5, 0.6) is 5.75 Å². The van der Waals surface area contributed by atoms with Gasteiger partial charge in [-0.05, 0) is 67.8 Å². The Kier molecular flexibility index (Phi) is 3.38. The number of aromatic nitrogens is 1. The highest BCUT2D eigenvalue weighted by atomic mass is 16.5. The topological polar surface area (TPSA) is 22.1 Å². The number of nitrogens with zero attached hydrogens (tertiary/aromatic N) is 1. The molecule has 0 radical (unpaired) electrons. The van der Waals surface area contributed by atoms with Crippen molar-refractivity contribution in [1.82, 2.24) is 4.98 Å². The summed E-state index contributed by atoms with van der Waals surface area (Å²) in [6.07, 6.45) is 0. The molecule has 3 rings (SSSR count). The quantitative estimate of drug-likeness (QED) is 0.669. The predicted molar refractivity (Wildman–Crippen MR) is 87.9 cm³/mol. The van der Waals surface area contributed by atoms with E-state index in [2.05, 4.69) is 45.0 Å². The van der Waals surface area contributed by atoms with Crippen LogP contribution in [0.4, 0.5) is 0 Å². The maximum absolute atomic E-state index is 5.26. The number of rotatable bonds is 2. The van der Waals surface area contributed by atoms with Crippen molar-refractivity contribution in [1.29, 1.82) is 0 Å². The number of benzene rings is 2. The Hall–Kier alpha value is -2.35. The number of methoxy groups -OCH3 is 1. The van der Waals surface area contributed by atoms with E-state index in [1.54, 1.807) is 7.11 Å². The van der Waals surface area contributed by atoms with E-state index >= 15 is 0 Å². The second-order valence-corrected chi connectivity index (χ2v) is 5.51. The summed E-state index contributed by atoms with van der Waals surface area (Å²) in [5.41, 5.74) is 7.10. The van der Waals surface area contributed by atoms with Crippen LogP contribution in [0.25, 0.3) is 22.2 Å². The molecule has 1 aromatic heterocycles. The fourth-order valence-electron chi connectivity index (χ4n) is 2.62. The third kappa shape index (κ3) is 2.49. The summed E-state index contributed by atoms with van der Waals surface area (Å²) in [6, 6.07) is 14.6. The average Bonchev–Trinajstić information content (AvgIpc) is 2.50. The minimum Gasteiger partial charge on any atom is -0.497 e. The Bertz CT molecular complexity index is 821. The molecule has 2 aromatic carbocycles. The van der Waals surface area contributed by atoms with Crippen molar-refractivity contribution in [2.75, 3.05) is 7.11 Å². The van der Waals surface area contributed by atoms with Gasteiger partial charge < -0.3 is 4.74 Å². The maximum atomic E-state index is 5.26. The largest absolute Gasteiger partial charge is 0.497 e. The standard InChI is InChI=1S/C19H19NO/c1-12-9-14(3)17(10-13(12)2)19-7-5-15-11-16(21-4)6-8-18(15)20-19/h5-11H,1-4H3. The lowest BCUT2D eigenvalue weighted by Crippen LogP contribution is -1.92. The van der Waals surface area contributed by atoms with Crippen LogP contribution in [-0.2, 0) is 0 Å². The molecule has 0 aliphatic carbocycles. The average molecular weight is 277 g/mol. The third-order valence-electron chi connectivity index (χ3n) is 4.01. The summed E-state index contributed by atoms with van der Waals surface area (Å²) in [5, 5.41) is 1.10. The van der Waals surface area contributed by atoms with Gasteiger partial charge in [-0.15, -0.1) is 0 Å². The van der Waals surface area contributed by atoms with Crippen LogP contribution in [0.1, 0.15) is 16.7 Å². The highest BCUT2D eigenvalue weighted by Gasteiger charge is 2.07. The zero-order valence-corrected chi connectivity index (χ0v) is 12.9. The first kappa shape index (κ1) is 13.6. The van der Waals surface area contributed by atoms with Gasteiger partial charge in [0.1, 0.15) is 5.75 Å². The molecule has 0 aliphatic rings. The van der Waals surface area contributed by atoms with Gasteiger partial charge in [-0.3, -0.25) is 0 Å². The van der Waals surface area contributed by atoms with Crippen molar-refractivity contribution in [3.8, 4) is 17.0 Å². The van der Waals surface area contributed by atoms with Crippen molar-refractivity contribution >= 4 is 10.9 Å². The van der Waals surface area contributed by atoms with Crippen LogP contribution in [0, 0.1) is 20.8 Å². The Morgan fingerprint density at radius 2 is 1.57 bits per heavy atom. The van der Waals surface area contributed by atoms with Crippen molar-refractivity contribution in [2.24, 2.45) is 0 Å². The van der Waals surface area contributed by atoms with Gasteiger partial charge in [-0.1, -0.05) is 12.1 Å². The van der Waals surface area contributed by atoms with Crippen LogP contribution in [0.15, 0.2) is 42.5 Å². The van der Waals surface area contributed by atoms with E-state index in [1.165, 1.54) is 22.3 Å². The summed E-state index contributed by atoms with van der Waals surface area (Å²) < 4.78 is 5.26. The smallest absolute Gasteiger partial charge is 0.119 e. The van der Waals surface area contributed by atoms with Gasteiger partial charge >= 0.3 is 0 Å². The first-order valence-corrected chi connectivity index (χ1v) is 7.11. The minimum absolute atomic E-state index is 0.861. The Morgan fingerprint density at radius 1 is 0.810 bits per heavy atom. The summed E-state index contributed by atoms with van der Waals surface area (Å²) in [7, 11) is 1.68. The number of aryl methyl sites for hydroxylation is 3. The molecule has 0 bridgehead atoms. The van der Waals surface area contributed by atoms with E-state index < -0.39 is 0 Å². The van der Waals surface area contributed by atoms with Gasteiger partial charge in [0.05, 0.1) is 18.3 Å². The molecule has 0 unspecified atom stereocenters. The monoisotopic (exact) mass is 277 g/mol. The molecule has 0 fully saturated rings. The van der Waals surface area contributed by atoms with E-state index in [-0.39, 0.29) is 0 Å². The molecule has 2 heteroatoms. The molecule has 2 nitrogen and oxygen atoms in total. The van der Waals surface area contributed by atoms with E-state index in [1.807, 2.05) is 18.2 Å². The SMILES string of the molecule is COc1ccc2nc(-c3cc(C)c(C)cc3C)ccc2c1. The van der Waals surface area contributed by atoms with Crippen LogP contribution in [0.2, 0.25) is 0 Å². The lowest BCUT2D eigenvalue weighted by atomic mass is 9.98. The van der Waals surface area contributed by atoms with E-state index in [9.17, 15) is 0 Å². The van der Waals surface area contributed by atoms with Gasteiger partial charge in [0.25, 0.3) is 0 Å². The van der Waals surface area contributed by atoms with Crippen molar-refractivity contribution in [2.45, 2.75) is 20.8 Å². The normalized spacial score (nSPS) is 10.9. The fraction of sp³-hybridized carbons (Fsp3) is 0.211. The Balaban J connectivity index is 2.15. The predicted octanol–water partition coefficient (Wildman–Crippen LogP) is 4.84. The van der Waals surface area contributed by atoms with Crippen LogP contribution < -0.4 is 4.74 Å². The molecule has 0 spiro atoms. The zero-order valence-electron chi connectivity index (χ0n) is 12.9. The van der Waals surface area contributed by atoms with E-state index in [0.717, 1.165) is 22.3 Å². The maximum Gasteiger partial charge on any atom is 0.119 e. The van der Waals surface area contributed by atoms with Crippen molar-refractivity contribution in [3.63, 3.8) is 0 Å².